The van der Waals surface area contributed by atoms with E-state index < -0.39 is 0 Å². The van der Waals surface area contributed by atoms with E-state index in [0.29, 0.717) is 11.3 Å². The van der Waals surface area contributed by atoms with E-state index in [-0.39, 0.29) is 23.8 Å². The number of benzene rings is 2. The van der Waals surface area contributed by atoms with Crippen LogP contribution < -0.4 is 15.5 Å². The molecule has 0 radical (unpaired) electrons. The van der Waals surface area contributed by atoms with Crippen molar-refractivity contribution in [1.82, 2.24) is 5.32 Å². The Bertz CT molecular complexity index is 887. The summed E-state index contributed by atoms with van der Waals surface area (Å²) in [5, 5.41) is 6.16. The van der Waals surface area contributed by atoms with Crippen molar-refractivity contribution in [1.29, 1.82) is 0 Å². The van der Waals surface area contributed by atoms with E-state index >= 15 is 0 Å². The molecule has 0 bridgehead atoms. The molecule has 30 heavy (non-hydrogen) atoms. The number of anilines is 2. The Morgan fingerprint density at radius 2 is 1.70 bits per heavy atom. The van der Waals surface area contributed by atoms with Gasteiger partial charge < -0.3 is 15.5 Å². The zero-order chi connectivity index (χ0) is 20.9. The van der Waals surface area contributed by atoms with Gasteiger partial charge in [-0.25, -0.2) is 0 Å². The van der Waals surface area contributed by atoms with Gasteiger partial charge in [0.15, 0.2) is 0 Å². The van der Waals surface area contributed by atoms with Crippen molar-refractivity contribution in [3.63, 3.8) is 0 Å². The third-order valence-corrected chi connectivity index (χ3v) is 6.33. The monoisotopic (exact) mass is 405 g/mol. The molecule has 4 rings (SSSR count). The maximum atomic E-state index is 13.3. The summed E-state index contributed by atoms with van der Waals surface area (Å²) in [6, 6.07) is 15.6. The molecule has 2 N–H and O–H groups in total. The van der Waals surface area contributed by atoms with E-state index in [9.17, 15) is 9.59 Å². The highest BCUT2D eigenvalue weighted by Crippen LogP contribution is 2.30. The maximum absolute atomic E-state index is 13.3. The van der Waals surface area contributed by atoms with Crippen molar-refractivity contribution in [2.75, 3.05) is 23.3 Å². The molecular formula is C25H31N3O2. The average molecular weight is 406 g/mol. The lowest BCUT2D eigenvalue weighted by atomic mass is 9.85. The van der Waals surface area contributed by atoms with Crippen molar-refractivity contribution in [3.05, 3.63) is 59.7 Å². The molecule has 158 valence electrons. The average Bonchev–Trinajstić information content (AvgIpc) is 2.73. The lowest BCUT2D eigenvalue weighted by molar-refractivity contribution is -0.122. The molecule has 1 atom stereocenters. The van der Waals surface area contributed by atoms with Gasteiger partial charge in [0.25, 0.3) is 5.91 Å². The van der Waals surface area contributed by atoms with Gasteiger partial charge in [0, 0.05) is 30.4 Å². The molecule has 1 aliphatic carbocycles. The predicted octanol–water partition coefficient (Wildman–Crippen LogP) is 4.91. The molecule has 2 aromatic rings. The Balaban J connectivity index is 1.57. The van der Waals surface area contributed by atoms with Crippen LogP contribution in [0.3, 0.4) is 0 Å². The number of carbonyl (C=O) groups is 2. The van der Waals surface area contributed by atoms with Gasteiger partial charge in [0.1, 0.15) is 0 Å². The second-order valence-electron chi connectivity index (χ2n) is 8.50. The number of nitrogens with one attached hydrogen (secondary N) is 2. The largest absolute Gasteiger partial charge is 0.371 e. The first-order chi connectivity index (χ1) is 14.6. The highest BCUT2D eigenvalue weighted by molar-refractivity contribution is 6.02. The summed E-state index contributed by atoms with van der Waals surface area (Å²) in [7, 11) is 0. The fourth-order valence-electron chi connectivity index (χ4n) is 4.22. The summed E-state index contributed by atoms with van der Waals surface area (Å²) in [5.41, 5.74) is 3.35. The standard InChI is InChI=1S/C25H31N3O2/c1-18(19-9-4-2-5-10-19)26-25(30)22-17-21(27-24(29)20-11-8-12-20)13-14-23(22)28-15-6-3-7-16-28/h2,4-5,9-10,13-14,17-18,20H,3,6-8,11-12,15-16H2,1H3,(H,26,30)(H,27,29)/t18-/m0/s1. The molecule has 0 spiro atoms. The number of rotatable bonds is 6. The fraction of sp³-hybridized carbons (Fsp3) is 0.440. The lowest BCUT2D eigenvalue weighted by Crippen LogP contribution is -2.34. The third-order valence-electron chi connectivity index (χ3n) is 6.33. The number of nitrogens with zero attached hydrogens (tertiary/aromatic N) is 1. The first kappa shape index (κ1) is 20.5. The summed E-state index contributed by atoms with van der Waals surface area (Å²) in [5.74, 6) is 0.0739. The van der Waals surface area contributed by atoms with E-state index in [1.807, 2.05) is 55.5 Å². The van der Waals surface area contributed by atoms with Crippen LogP contribution in [-0.2, 0) is 4.79 Å². The first-order valence-corrected chi connectivity index (χ1v) is 11.2. The lowest BCUT2D eigenvalue weighted by Gasteiger charge is -2.31. The summed E-state index contributed by atoms with van der Waals surface area (Å²) < 4.78 is 0. The number of hydrogen-bond donors (Lipinski definition) is 2. The second kappa shape index (κ2) is 9.33. The van der Waals surface area contributed by atoms with Crippen LogP contribution in [0.15, 0.2) is 48.5 Å². The minimum Gasteiger partial charge on any atom is -0.371 e. The van der Waals surface area contributed by atoms with Crippen molar-refractivity contribution in [2.24, 2.45) is 5.92 Å². The molecule has 1 saturated carbocycles. The van der Waals surface area contributed by atoms with E-state index in [1.54, 1.807) is 0 Å². The number of hydrogen-bond acceptors (Lipinski definition) is 3. The van der Waals surface area contributed by atoms with E-state index in [4.69, 9.17) is 0 Å². The molecule has 2 amide bonds. The molecule has 2 aromatic carbocycles. The molecule has 0 unspecified atom stereocenters. The Hall–Kier alpha value is -2.82. The summed E-state index contributed by atoms with van der Waals surface area (Å²) >= 11 is 0. The molecule has 2 aliphatic rings. The Kier molecular flexibility index (Phi) is 6.36. The third kappa shape index (κ3) is 4.66. The molecule has 2 fully saturated rings. The molecule has 1 aliphatic heterocycles. The van der Waals surface area contributed by atoms with E-state index in [1.165, 1.54) is 6.42 Å². The number of amides is 2. The smallest absolute Gasteiger partial charge is 0.253 e. The van der Waals surface area contributed by atoms with Gasteiger partial charge in [0.05, 0.1) is 11.6 Å². The van der Waals surface area contributed by atoms with Gasteiger partial charge >= 0.3 is 0 Å². The fourth-order valence-corrected chi connectivity index (χ4v) is 4.22. The van der Waals surface area contributed by atoms with Gasteiger partial charge in [-0.2, -0.15) is 0 Å². The van der Waals surface area contributed by atoms with Crippen molar-refractivity contribution >= 4 is 23.2 Å². The van der Waals surface area contributed by atoms with Gasteiger partial charge in [0.2, 0.25) is 5.91 Å². The number of piperidine rings is 1. The molecule has 5 nitrogen and oxygen atoms in total. The summed E-state index contributed by atoms with van der Waals surface area (Å²) in [6.07, 6.45) is 6.55. The van der Waals surface area contributed by atoms with E-state index in [2.05, 4.69) is 15.5 Å². The second-order valence-corrected chi connectivity index (χ2v) is 8.50. The zero-order valence-electron chi connectivity index (χ0n) is 17.7. The zero-order valence-corrected chi connectivity index (χ0v) is 17.7. The predicted molar refractivity (Wildman–Crippen MR) is 121 cm³/mol. The molecule has 0 aromatic heterocycles. The van der Waals surface area contributed by atoms with Gasteiger partial charge in [-0.3, -0.25) is 9.59 Å². The maximum Gasteiger partial charge on any atom is 0.253 e. The van der Waals surface area contributed by atoms with Crippen LogP contribution >= 0.6 is 0 Å². The van der Waals surface area contributed by atoms with Gasteiger partial charge in [-0.1, -0.05) is 36.8 Å². The highest BCUT2D eigenvalue weighted by atomic mass is 16.2. The minimum atomic E-state index is -0.105. The van der Waals surface area contributed by atoms with E-state index in [0.717, 1.165) is 56.4 Å². The van der Waals surface area contributed by atoms with Crippen LogP contribution in [-0.4, -0.2) is 24.9 Å². The molecule has 5 heteroatoms. The van der Waals surface area contributed by atoms with Crippen LogP contribution in [0.1, 0.15) is 67.4 Å². The number of carbonyl (C=O) groups excluding carboxylic acids is 2. The summed E-state index contributed by atoms with van der Waals surface area (Å²) in [6.45, 7) is 3.92. The van der Waals surface area contributed by atoms with Crippen LogP contribution in [0.5, 0.6) is 0 Å². The summed E-state index contributed by atoms with van der Waals surface area (Å²) in [4.78, 5) is 28.0. The van der Waals surface area contributed by atoms with Crippen LogP contribution in [0.25, 0.3) is 0 Å². The van der Waals surface area contributed by atoms with Gasteiger partial charge in [-0.15, -0.1) is 0 Å². The highest BCUT2D eigenvalue weighted by Gasteiger charge is 2.26. The van der Waals surface area contributed by atoms with Crippen LogP contribution in [0.2, 0.25) is 0 Å². The van der Waals surface area contributed by atoms with Crippen molar-refractivity contribution < 1.29 is 9.59 Å². The first-order valence-electron chi connectivity index (χ1n) is 11.2. The Morgan fingerprint density at radius 3 is 2.37 bits per heavy atom. The molecular weight excluding hydrogens is 374 g/mol. The van der Waals surface area contributed by atoms with Gasteiger partial charge in [-0.05, 0) is 62.8 Å². The van der Waals surface area contributed by atoms with Crippen molar-refractivity contribution in [2.45, 2.75) is 51.5 Å². The SMILES string of the molecule is C[C@H](NC(=O)c1cc(NC(=O)C2CCC2)ccc1N1CCCCC1)c1ccccc1. The Morgan fingerprint density at radius 1 is 0.967 bits per heavy atom. The van der Waals surface area contributed by atoms with Crippen LogP contribution in [0.4, 0.5) is 11.4 Å². The topological polar surface area (TPSA) is 61.4 Å². The van der Waals surface area contributed by atoms with Crippen LogP contribution in [0, 0.1) is 5.92 Å². The molecule has 1 heterocycles. The molecule has 1 saturated heterocycles. The minimum absolute atomic E-state index is 0.0657. The van der Waals surface area contributed by atoms with Crippen molar-refractivity contribution in [3.8, 4) is 0 Å². The normalized spacial score (nSPS) is 17.7. The quantitative estimate of drug-likeness (QED) is 0.718. The Labute approximate surface area is 178 Å².